The van der Waals surface area contributed by atoms with Gasteiger partial charge < -0.3 is 15.0 Å². The Hall–Kier alpha value is -1.26. The number of halogens is 1. The molecule has 3 rings (SSSR count). The summed E-state index contributed by atoms with van der Waals surface area (Å²) in [6, 6.07) is 5.63. The van der Waals surface area contributed by atoms with Crippen LogP contribution in [-0.4, -0.2) is 22.3 Å². The van der Waals surface area contributed by atoms with Crippen molar-refractivity contribution < 1.29 is 4.74 Å². The van der Waals surface area contributed by atoms with E-state index in [1.165, 1.54) is 6.42 Å². The molecule has 2 aromatic rings. The van der Waals surface area contributed by atoms with E-state index >= 15 is 0 Å². The molecule has 0 atom stereocenters. The summed E-state index contributed by atoms with van der Waals surface area (Å²) in [5.41, 5.74) is 7.77. The number of aromatic nitrogens is 2. The fourth-order valence-corrected chi connectivity index (χ4v) is 2.73. The van der Waals surface area contributed by atoms with Crippen molar-refractivity contribution in [2.24, 2.45) is 0 Å². The zero-order chi connectivity index (χ0) is 12.8. The summed E-state index contributed by atoms with van der Waals surface area (Å²) in [6.45, 7) is 0.742. The number of rotatable bonds is 3. The van der Waals surface area contributed by atoms with Crippen molar-refractivity contribution >= 4 is 28.6 Å². The summed E-state index contributed by atoms with van der Waals surface area (Å²) in [6.07, 6.45) is 3.35. The van der Waals surface area contributed by atoms with Crippen molar-refractivity contribution in [1.82, 2.24) is 9.55 Å². The summed E-state index contributed by atoms with van der Waals surface area (Å²) < 4.78 is 7.65. The van der Waals surface area contributed by atoms with Crippen LogP contribution in [0.4, 0.5) is 5.95 Å². The maximum absolute atomic E-state index is 6.04. The second-order valence-electron chi connectivity index (χ2n) is 4.93. The predicted octanol–water partition coefficient (Wildman–Crippen LogP) is 2.84. The Balaban J connectivity index is 2.05. The quantitative estimate of drug-likeness (QED) is 0.928. The Labute approximate surface area is 111 Å². The second kappa shape index (κ2) is 4.14. The largest absolute Gasteiger partial charge is 0.376 e. The number of anilines is 1. The molecule has 0 aliphatic heterocycles. The zero-order valence-electron chi connectivity index (χ0n) is 10.3. The van der Waals surface area contributed by atoms with Gasteiger partial charge in [-0.1, -0.05) is 11.6 Å². The first-order chi connectivity index (χ1) is 8.63. The normalized spacial score (nSPS) is 17.9. The number of nitrogens with zero attached hydrogens (tertiary/aromatic N) is 2. The van der Waals surface area contributed by atoms with Gasteiger partial charge in [-0.2, -0.15) is 0 Å². The molecule has 1 saturated carbocycles. The van der Waals surface area contributed by atoms with Crippen molar-refractivity contribution in [3.63, 3.8) is 0 Å². The molecule has 0 unspecified atom stereocenters. The van der Waals surface area contributed by atoms with Crippen LogP contribution in [0.1, 0.15) is 19.3 Å². The number of fused-ring (bicyclic) bond motifs is 1. The van der Waals surface area contributed by atoms with Crippen molar-refractivity contribution in [3.8, 4) is 0 Å². The number of ether oxygens (including phenoxy) is 1. The molecule has 18 heavy (non-hydrogen) atoms. The fourth-order valence-electron chi connectivity index (χ4n) is 2.57. The lowest BCUT2D eigenvalue weighted by molar-refractivity contribution is -0.0824. The van der Waals surface area contributed by atoms with Crippen molar-refractivity contribution in [3.05, 3.63) is 23.2 Å². The molecule has 1 aromatic heterocycles. The Morgan fingerprint density at radius 1 is 1.50 bits per heavy atom. The third-order valence-electron chi connectivity index (χ3n) is 3.88. The first kappa shape index (κ1) is 11.8. The molecule has 1 aliphatic rings. The van der Waals surface area contributed by atoms with Crippen LogP contribution in [-0.2, 0) is 11.3 Å². The van der Waals surface area contributed by atoms with Gasteiger partial charge in [0.05, 0.1) is 23.2 Å². The average molecular weight is 266 g/mol. The minimum absolute atomic E-state index is 0.0793. The number of methoxy groups -OCH3 is 1. The minimum atomic E-state index is -0.0793. The fraction of sp³-hybridized carbons (Fsp3) is 0.462. The van der Waals surface area contributed by atoms with E-state index in [1.807, 2.05) is 22.8 Å². The van der Waals surface area contributed by atoms with Crippen molar-refractivity contribution in [2.45, 2.75) is 31.4 Å². The van der Waals surface area contributed by atoms with E-state index in [2.05, 4.69) is 4.98 Å². The van der Waals surface area contributed by atoms with Gasteiger partial charge >= 0.3 is 0 Å². The summed E-state index contributed by atoms with van der Waals surface area (Å²) in [4.78, 5) is 4.36. The lowest BCUT2D eigenvalue weighted by Gasteiger charge is -2.40. The lowest BCUT2D eigenvalue weighted by Crippen LogP contribution is -2.43. The van der Waals surface area contributed by atoms with Crippen LogP contribution < -0.4 is 5.73 Å². The maximum atomic E-state index is 6.04. The van der Waals surface area contributed by atoms with Crippen LogP contribution >= 0.6 is 11.6 Å². The molecule has 1 fully saturated rings. The van der Waals surface area contributed by atoms with E-state index in [0.717, 1.165) is 30.4 Å². The number of benzene rings is 1. The molecular weight excluding hydrogens is 250 g/mol. The van der Waals surface area contributed by atoms with E-state index in [1.54, 1.807) is 7.11 Å². The molecule has 96 valence electrons. The third kappa shape index (κ3) is 1.76. The molecule has 4 nitrogen and oxygen atoms in total. The summed E-state index contributed by atoms with van der Waals surface area (Å²) in [7, 11) is 1.77. The van der Waals surface area contributed by atoms with Crippen LogP contribution in [0.2, 0.25) is 5.02 Å². The highest BCUT2D eigenvalue weighted by atomic mass is 35.5. The van der Waals surface area contributed by atoms with Gasteiger partial charge in [-0.3, -0.25) is 0 Å². The highest BCUT2D eigenvalue weighted by molar-refractivity contribution is 6.31. The maximum Gasteiger partial charge on any atom is 0.201 e. The number of hydrogen-bond acceptors (Lipinski definition) is 3. The summed E-state index contributed by atoms with van der Waals surface area (Å²) in [5.74, 6) is 0.524. The molecule has 2 N–H and O–H groups in total. The Kier molecular flexibility index (Phi) is 2.72. The molecule has 0 amide bonds. The van der Waals surface area contributed by atoms with Crippen LogP contribution in [0.3, 0.4) is 0 Å². The van der Waals surface area contributed by atoms with E-state index in [-0.39, 0.29) is 5.60 Å². The molecule has 1 aromatic carbocycles. The molecule has 0 bridgehead atoms. The van der Waals surface area contributed by atoms with Gasteiger partial charge in [-0.25, -0.2) is 4.98 Å². The summed E-state index contributed by atoms with van der Waals surface area (Å²) in [5, 5.41) is 0.698. The number of hydrogen-bond donors (Lipinski definition) is 1. The van der Waals surface area contributed by atoms with Gasteiger partial charge in [0, 0.05) is 12.1 Å². The van der Waals surface area contributed by atoms with Crippen LogP contribution in [0.15, 0.2) is 18.2 Å². The molecule has 0 radical (unpaired) electrons. The second-order valence-corrected chi connectivity index (χ2v) is 5.37. The third-order valence-corrected chi connectivity index (χ3v) is 4.12. The minimum Gasteiger partial charge on any atom is -0.376 e. The molecule has 1 aliphatic carbocycles. The molecular formula is C13H16ClN3O. The summed E-state index contributed by atoms with van der Waals surface area (Å²) >= 11 is 6.04. The zero-order valence-corrected chi connectivity index (χ0v) is 11.1. The Morgan fingerprint density at radius 2 is 2.28 bits per heavy atom. The van der Waals surface area contributed by atoms with Crippen LogP contribution in [0.25, 0.3) is 11.0 Å². The smallest absolute Gasteiger partial charge is 0.201 e. The number of nitrogens with two attached hydrogens (primary N) is 1. The molecule has 0 spiro atoms. The van der Waals surface area contributed by atoms with Gasteiger partial charge in [-0.05, 0) is 37.5 Å². The topological polar surface area (TPSA) is 53.1 Å². The first-order valence-electron chi connectivity index (χ1n) is 6.10. The van der Waals surface area contributed by atoms with E-state index < -0.39 is 0 Å². The van der Waals surface area contributed by atoms with E-state index in [4.69, 9.17) is 22.1 Å². The van der Waals surface area contributed by atoms with Gasteiger partial charge in [0.2, 0.25) is 5.95 Å². The van der Waals surface area contributed by atoms with Gasteiger partial charge in [0.15, 0.2) is 0 Å². The average Bonchev–Trinajstić information content (AvgIpc) is 2.60. The van der Waals surface area contributed by atoms with Crippen LogP contribution in [0.5, 0.6) is 0 Å². The van der Waals surface area contributed by atoms with Crippen molar-refractivity contribution in [2.75, 3.05) is 12.8 Å². The van der Waals surface area contributed by atoms with E-state index in [0.29, 0.717) is 11.0 Å². The van der Waals surface area contributed by atoms with Gasteiger partial charge in [-0.15, -0.1) is 0 Å². The molecule has 1 heterocycles. The van der Waals surface area contributed by atoms with Gasteiger partial charge in [0.25, 0.3) is 0 Å². The molecule has 0 saturated heterocycles. The first-order valence-corrected chi connectivity index (χ1v) is 6.48. The highest BCUT2D eigenvalue weighted by Crippen LogP contribution is 2.38. The SMILES string of the molecule is COC1(Cn2c(N)nc3ccc(Cl)cc32)CCC1. The van der Waals surface area contributed by atoms with Crippen LogP contribution in [0, 0.1) is 0 Å². The Bertz CT molecular complexity index is 584. The standard InChI is InChI=1S/C13H16ClN3O/c1-18-13(5-2-6-13)8-17-11-7-9(14)3-4-10(11)16-12(17)15/h3-4,7H,2,5-6,8H2,1H3,(H2,15,16). The lowest BCUT2D eigenvalue weighted by atomic mass is 9.80. The van der Waals surface area contributed by atoms with E-state index in [9.17, 15) is 0 Å². The highest BCUT2D eigenvalue weighted by Gasteiger charge is 2.38. The van der Waals surface area contributed by atoms with Gasteiger partial charge in [0.1, 0.15) is 0 Å². The van der Waals surface area contributed by atoms with Crippen molar-refractivity contribution in [1.29, 1.82) is 0 Å². The molecule has 5 heteroatoms. The predicted molar refractivity (Wildman–Crippen MR) is 72.7 cm³/mol. The number of nitrogen functional groups attached to an aromatic ring is 1. The Morgan fingerprint density at radius 3 is 2.89 bits per heavy atom. The monoisotopic (exact) mass is 265 g/mol. The number of imidazole rings is 1.